The molecule has 192 valence electrons. The van der Waals surface area contributed by atoms with Crippen LogP contribution in [0.1, 0.15) is 59.0 Å². The molecule has 0 spiro atoms. The van der Waals surface area contributed by atoms with Crippen molar-refractivity contribution in [2.24, 2.45) is 9.98 Å². The molecule has 3 aromatic carbocycles. The molecular weight excluding hydrogens is 484 g/mol. The van der Waals surface area contributed by atoms with Crippen LogP contribution in [0.2, 0.25) is 0 Å². The molecule has 1 atom stereocenters. The highest BCUT2D eigenvalue weighted by atomic mass is 16.5. The first-order valence-electron chi connectivity index (χ1n) is 12.8. The minimum atomic E-state index is -0.399. The lowest BCUT2D eigenvalue weighted by atomic mass is 9.85. The van der Waals surface area contributed by atoms with Gasteiger partial charge in [-0.2, -0.15) is 10.3 Å². The van der Waals surface area contributed by atoms with E-state index >= 15 is 0 Å². The van der Waals surface area contributed by atoms with Gasteiger partial charge < -0.3 is 9.15 Å². The number of hydrogen-bond donors (Lipinski definition) is 0. The summed E-state index contributed by atoms with van der Waals surface area (Å²) < 4.78 is 13.1. The summed E-state index contributed by atoms with van der Waals surface area (Å²) in [6.07, 6.45) is 1.90. The molecule has 0 bridgehead atoms. The van der Waals surface area contributed by atoms with Crippen molar-refractivity contribution in [3.05, 3.63) is 106 Å². The fourth-order valence-corrected chi connectivity index (χ4v) is 5.24. The molecule has 2 aliphatic rings. The number of fused-ring (bicyclic) bond motifs is 7. The second kappa shape index (κ2) is 9.14. The van der Waals surface area contributed by atoms with Crippen LogP contribution in [-0.2, 0) is 0 Å². The van der Waals surface area contributed by atoms with E-state index < -0.39 is 6.04 Å². The van der Waals surface area contributed by atoms with Crippen molar-refractivity contribution in [1.29, 1.82) is 5.26 Å². The number of nitrogens with zero attached hydrogens (tertiary/aromatic N) is 4. The van der Waals surface area contributed by atoms with Crippen LogP contribution in [0.5, 0.6) is 5.75 Å². The van der Waals surface area contributed by atoms with Crippen LogP contribution in [0.25, 0.3) is 22.6 Å². The van der Waals surface area contributed by atoms with Gasteiger partial charge in [-0.25, -0.2) is 0 Å². The van der Waals surface area contributed by atoms with Gasteiger partial charge in [-0.3, -0.25) is 9.89 Å². The average Bonchev–Trinajstić information content (AvgIpc) is 3.37. The standard InChI is InChI=1S/C33H28N4O2/c1-18(2)28-16-23-15-27(21(5)35-6)32-29(31(23)38-28)30-26-12-9-20(4)13-22(26)14-25(17-34)37(30)33(39-32)36-24-10-7-19(3)8-11-24/h7-16,30H,1H2,2-6H3. The number of ether oxygens (including phenoxy) is 1. The maximum Gasteiger partial charge on any atom is 0.304 e. The quantitative estimate of drug-likeness (QED) is 0.262. The van der Waals surface area contributed by atoms with E-state index in [9.17, 15) is 5.26 Å². The van der Waals surface area contributed by atoms with Crippen LogP contribution in [0, 0.1) is 25.2 Å². The molecular formula is C33H28N4O2. The normalized spacial score (nSPS) is 17.2. The highest BCUT2D eigenvalue weighted by Gasteiger charge is 2.43. The van der Waals surface area contributed by atoms with Crippen molar-refractivity contribution in [3.63, 3.8) is 0 Å². The first-order chi connectivity index (χ1) is 18.8. The predicted octanol–water partition coefficient (Wildman–Crippen LogP) is 7.87. The summed E-state index contributed by atoms with van der Waals surface area (Å²) >= 11 is 0. The van der Waals surface area contributed by atoms with Crippen LogP contribution in [0.4, 0.5) is 5.69 Å². The third-order valence-corrected chi connectivity index (χ3v) is 7.33. The van der Waals surface area contributed by atoms with E-state index in [0.29, 0.717) is 28.8 Å². The molecule has 0 radical (unpaired) electrons. The lowest BCUT2D eigenvalue weighted by molar-refractivity contribution is 0.318. The summed E-state index contributed by atoms with van der Waals surface area (Å²) in [5, 5.41) is 11.3. The van der Waals surface area contributed by atoms with Gasteiger partial charge in [-0.1, -0.05) is 48.0 Å². The van der Waals surface area contributed by atoms with E-state index in [-0.39, 0.29) is 0 Å². The Morgan fingerprint density at radius 2 is 1.77 bits per heavy atom. The Hall–Kier alpha value is -4.89. The number of rotatable bonds is 3. The fourth-order valence-electron chi connectivity index (χ4n) is 5.24. The summed E-state index contributed by atoms with van der Waals surface area (Å²) in [5.74, 6) is 1.34. The Morgan fingerprint density at radius 3 is 2.46 bits per heavy atom. The van der Waals surface area contributed by atoms with Crippen molar-refractivity contribution in [2.45, 2.75) is 33.7 Å². The van der Waals surface area contributed by atoms with Gasteiger partial charge in [0.15, 0.2) is 0 Å². The summed E-state index contributed by atoms with van der Waals surface area (Å²) in [4.78, 5) is 11.3. The number of aryl methyl sites for hydroxylation is 2. The van der Waals surface area contributed by atoms with Crippen LogP contribution in [-0.4, -0.2) is 23.7 Å². The maximum absolute atomic E-state index is 10.3. The van der Waals surface area contributed by atoms with Crippen molar-refractivity contribution >= 4 is 40.0 Å². The zero-order chi connectivity index (χ0) is 27.4. The number of nitriles is 1. The van der Waals surface area contributed by atoms with E-state index in [4.69, 9.17) is 14.1 Å². The van der Waals surface area contributed by atoms with Gasteiger partial charge in [0.05, 0.1) is 17.3 Å². The molecule has 3 heterocycles. The molecule has 6 nitrogen and oxygen atoms in total. The molecule has 4 aromatic rings. The second-order valence-electron chi connectivity index (χ2n) is 10.2. The summed E-state index contributed by atoms with van der Waals surface area (Å²) in [6, 6.07) is 20.6. The van der Waals surface area contributed by atoms with Gasteiger partial charge in [0.2, 0.25) is 0 Å². The molecule has 6 rings (SSSR count). The van der Waals surface area contributed by atoms with E-state index in [1.165, 1.54) is 0 Å². The number of benzene rings is 3. The van der Waals surface area contributed by atoms with Crippen molar-refractivity contribution in [2.75, 3.05) is 7.05 Å². The van der Waals surface area contributed by atoms with Gasteiger partial charge in [-0.15, -0.1) is 0 Å². The zero-order valence-corrected chi connectivity index (χ0v) is 22.7. The number of allylic oxidation sites excluding steroid dienone is 2. The zero-order valence-electron chi connectivity index (χ0n) is 22.7. The summed E-state index contributed by atoms with van der Waals surface area (Å²) in [6.45, 7) is 12.1. The van der Waals surface area contributed by atoms with Gasteiger partial charge in [-0.05, 0) is 74.7 Å². The smallest absolute Gasteiger partial charge is 0.304 e. The molecule has 0 saturated carbocycles. The predicted molar refractivity (Wildman–Crippen MR) is 156 cm³/mol. The second-order valence-corrected chi connectivity index (χ2v) is 10.2. The number of aliphatic imine (C=N–C) groups is 2. The van der Waals surface area contributed by atoms with Gasteiger partial charge in [0.25, 0.3) is 0 Å². The largest absolute Gasteiger partial charge is 0.456 e. The first-order valence-corrected chi connectivity index (χ1v) is 12.8. The molecule has 0 aliphatic carbocycles. The highest BCUT2D eigenvalue weighted by molar-refractivity contribution is 6.07. The Bertz CT molecular complexity index is 1810. The molecule has 39 heavy (non-hydrogen) atoms. The number of amidine groups is 1. The Balaban J connectivity index is 1.73. The van der Waals surface area contributed by atoms with Gasteiger partial charge in [0, 0.05) is 23.7 Å². The Labute approximate surface area is 227 Å². The first kappa shape index (κ1) is 24.4. The molecule has 0 N–H and O–H groups in total. The van der Waals surface area contributed by atoms with Crippen LogP contribution < -0.4 is 4.74 Å². The van der Waals surface area contributed by atoms with E-state index in [1.807, 2.05) is 68.1 Å². The van der Waals surface area contributed by atoms with E-state index in [0.717, 1.165) is 55.7 Å². The Morgan fingerprint density at radius 1 is 1.03 bits per heavy atom. The average molecular weight is 513 g/mol. The van der Waals surface area contributed by atoms with Crippen LogP contribution in [0.15, 0.2) is 81.3 Å². The lowest BCUT2D eigenvalue weighted by Gasteiger charge is -2.41. The number of furan rings is 1. The molecule has 1 aromatic heterocycles. The molecule has 1 unspecified atom stereocenters. The van der Waals surface area contributed by atoms with Crippen molar-refractivity contribution in [3.8, 4) is 11.8 Å². The van der Waals surface area contributed by atoms with E-state index in [2.05, 4.69) is 42.8 Å². The molecule has 0 amide bonds. The van der Waals surface area contributed by atoms with Gasteiger partial charge >= 0.3 is 6.02 Å². The van der Waals surface area contributed by atoms with Crippen LogP contribution >= 0.6 is 0 Å². The fraction of sp³-hybridized carbons (Fsp3) is 0.182. The minimum absolute atomic E-state index is 0.326. The monoisotopic (exact) mass is 512 g/mol. The van der Waals surface area contributed by atoms with E-state index in [1.54, 1.807) is 7.05 Å². The third kappa shape index (κ3) is 3.95. The van der Waals surface area contributed by atoms with Crippen LogP contribution in [0.3, 0.4) is 0 Å². The molecule has 2 aliphatic heterocycles. The molecule has 6 heteroatoms. The minimum Gasteiger partial charge on any atom is -0.456 e. The SMILES string of the molecule is C=C(C)c1cc2cc(C(C)=NC)c3c(c2o1)C1c2ccc(C)cc2C=C(C#N)N1C(=Nc1ccc(C)cc1)O3. The maximum atomic E-state index is 10.3. The van der Waals surface area contributed by atoms with Crippen molar-refractivity contribution in [1.82, 2.24) is 4.90 Å². The molecule has 0 fully saturated rings. The molecule has 0 saturated heterocycles. The highest BCUT2D eigenvalue weighted by Crippen LogP contribution is 2.50. The van der Waals surface area contributed by atoms with Crippen molar-refractivity contribution < 1.29 is 9.15 Å². The summed E-state index contributed by atoms with van der Waals surface area (Å²) in [5.41, 5.74) is 9.51. The van der Waals surface area contributed by atoms with Gasteiger partial charge in [0.1, 0.15) is 28.9 Å². The summed E-state index contributed by atoms with van der Waals surface area (Å²) in [7, 11) is 1.77. The Kier molecular flexibility index (Phi) is 5.73. The topological polar surface area (TPSA) is 74.1 Å². The lowest BCUT2D eigenvalue weighted by Crippen LogP contribution is -2.43. The third-order valence-electron chi connectivity index (χ3n) is 7.33. The number of hydrogen-bond acceptors (Lipinski definition) is 5.